The molecule has 0 spiro atoms. The van der Waals surface area contributed by atoms with E-state index in [1.807, 2.05) is 29.2 Å². The summed E-state index contributed by atoms with van der Waals surface area (Å²) in [6, 6.07) is 7.93. The summed E-state index contributed by atoms with van der Waals surface area (Å²) in [7, 11) is 0. The monoisotopic (exact) mass is 329 g/mol. The lowest BCUT2D eigenvalue weighted by atomic mass is 9.99. The number of nitrogens with zero attached hydrogens (tertiary/aromatic N) is 1. The Morgan fingerprint density at radius 3 is 2.78 bits per heavy atom. The minimum atomic E-state index is 0.215. The Morgan fingerprint density at radius 1 is 1.39 bits per heavy atom. The number of carbonyl (C=O) groups excluding carboxylic acids is 1. The fourth-order valence-electron chi connectivity index (χ4n) is 2.31. The van der Waals surface area contributed by atoms with Gasteiger partial charge in [0.15, 0.2) is 0 Å². The zero-order chi connectivity index (χ0) is 13.0. The summed E-state index contributed by atoms with van der Waals surface area (Å²) in [5, 5.41) is 0. The normalized spacial score (nSPS) is 19.9. The Hall–Kier alpha value is -0.540. The molecule has 4 heteroatoms. The second-order valence-corrected chi connectivity index (χ2v) is 6.03. The highest BCUT2D eigenvalue weighted by molar-refractivity contribution is 9.10. The van der Waals surface area contributed by atoms with Gasteiger partial charge in [-0.2, -0.15) is 0 Å². The van der Waals surface area contributed by atoms with E-state index in [1.54, 1.807) is 0 Å². The van der Waals surface area contributed by atoms with Gasteiger partial charge < -0.3 is 4.90 Å². The van der Waals surface area contributed by atoms with Crippen molar-refractivity contribution in [2.24, 2.45) is 5.92 Å². The second kappa shape index (κ2) is 6.58. The maximum absolute atomic E-state index is 12.2. The van der Waals surface area contributed by atoms with E-state index in [4.69, 9.17) is 11.6 Å². The van der Waals surface area contributed by atoms with E-state index in [-0.39, 0.29) is 5.91 Å². The first-order chi connectivity index (χ1) is 8.69. The molecule has 1 unspecified atom stereocenters. The van der Waals surface area contributed by atoms with Crippen LogP contribution in [-0.2, 0) is 11.2 Å². The van der Waals surface area contributed by atoms with Crippen molar-refractivity contribution in [2.75, 3.05) is 19.0 Å². The number of likely N-dealkylation sites (tertiary alicyclic amines) is 1. The van der Waals surface area contributed by atoms with Crippen LogP contribution in [0, 0.1) is 5.92 Å². The topological polar surface area (TPSA) is 20.3 Å². The Balaban J connectivity index is 1.93. The molecule has 0 N–H and O–H groups in total. The summed E-state index contributed by atoms with van der Waals surface area (Å²) < 4.78 is 1.04. The number of amides is 1. The lowest BCUT2D eigenvalue weighted by molar-refractivity contribution is -0.132. The first-order valence-electron chi connectivity index (χ1n) is 6.27. The van der Waals surface area contributed by atoms with Crippen molar-refractivity contribution in [1.82, 2.24) is 4.90 Å². The van der Waals surface area contributed by atoms with Crippen molar-refractivity contribution >= 4 is 33.4 Å². The minimum absolute atomic E-state index is 0.215. The molecular formula is C14H17BrClNO. The molecule has 1 saturated heterocycles. The number of rotatable bonds is 3. The number of halogens is 2. The smallest absolute Gasteiger partial charge is 0.226 e. The summed E-state index contributed by atoms with van der Waals surface area (Å²) >= 11 is 9.28. The number of benzene rings is 1. The molecular weight excluding hydrogens is 314 g/mol. The van der Waals surface area contributed by atoms with Crippen molar-refractivity contribution in [3.05, 3.63) is 34.3 Å². The largest absolute Gasteiger partial charge is 0.342 e. The van der Waals surface area contributed by atoms with Gasteiger partial charge in [0.2, 0.25) is 5.91 Å². The van der Waals surface area contributed by atoms with Crippen molar-refractivity contribution < 1.29 is 4.79 Å². The molecule has 1 fully saturated rings. The Labute approximate surface area is 121 Å². The van der Waals surface area contributed by atoms with E-state index >= 15 is 0 Å². The van der Waals surface area contributed by atoms with Gasteiger partial charge in [0.05, 0.1) is 6.42 Å². The Bertz CT molecular complexity index is 407. The van der Waals surface area contributed by atoms with Crippen molar-refractivity contribution in [3.63, 3.8) is 0 Å². The predicted octanol–water partition coefficient (Wildman–Crippen LogP) is 3.47. The summed E-state index contributed by atoms with van der Waals surface area (Å²) in [6.45, 7) is 1.70. The van der Waals surface area contributed by atoms with Gasteiger partial charge in [-0.15, -0.1) is 11.6 Å². The summed E-state index contributed by atoms with van der Waals surface area (Å²) in [5.41, 5.74) is 1.07. The molecule has 0 bridgehead atoms. The number of hydrogen-bond donors (Lipinski definition) is 0. The summed E-state index contributed by atoms with van der Waals surface area (Å²) in [4.78, 5) is 14.1. The van der Waals surface area contributed by atoms with Gasteiger partial charge in [0, 0.05) is 23.4 Å². The standard InChI is InChI=1S/C14H17BrClNO/c15-13-5-3-11(4-6-13)8-14(18)17-7-1-2-12(9-16)10-17/h3-6,12H,1-2,7-10H2. The number of carbonyl (C=O) groups is 1. The van der Waals surface area contributed by atoms with Crippen molar-refractivity contribution in [3.8, 4) is 0 Å². The Morgan fingerprint density at radius 2 is 2.11 bits per heavy atom. The van der Waals surface area contributed by atoms with E-state index in [1.165, 1.54) is 0 Å². The highest BCUT2D eigenvalue weighted by Gasteiger charge is 2.22. The van der Waals surface area contributed by atoms with Crippen LogP contribution in [0.4, 0.5) is 0 Å². The van der Waals surface area contributed by atoms with Gasteiger partial charge in [-0.1, -0.05) is 28.1 Å². The molecule has 2 rings (SSSR count). The molecule has 1 atom stereocenters. The fraction of sp³-hybridized carbons (Fsp3) is 0.500. The average Bonchev–Trinajstić information content (AvgIpc) is 2.41. The zero-order valence-corrected chi connectivity index (χ0v) is 12.6. The van der Waals surface area contributed by atoms with Gasteiger partial charge in [-0.25, -0.2) is 0 Å². The third-order valence-electron chi connectivity index (χ3n) is 3.36. The molecule has 1 amide bonds. The average molecular weight is 331 g/mol. The molecule has 1 aromatic carbocycles. The minimum Gasteiger partial charge on any atom is -0.342 e. The van der Waals surface area contributed by atoms with E-state index in [0.29, 0.717) is 18.2 Å². The molecule has 1 heterocycles. The van der Waals surface area contributed by atoms with Gasteiger partial charge in [-0.05, 0) is 36.5 Å². The van der Waals surface area contributed by atoms with Crippen molar-refractivity contribution in [1.29, 1.82) is 0 Å². The van der Waals surface area contributed by atoms with Crippen LogP contribution in [0.2, 0.25) is 0 Å². The van der Waals surface area contributed by atoms with Crippen LogP contribution < -0.4 is 0 Å². The highest BCUT2D eigenvalue weighted by Crippen LogP contribution is 2.19. The molecule has 0 aromatic heterocycles. The van der Waals surface area contributed by atoms with Crippen LogP contribution >= 0.6 is 27.5 Å². The van der Waals surface area contributed by atoms with Crippen LogP contribution in [0.25, 0.3) is 0 Å². The highest BCUT2D eigenvalue weighted by atomic mass is 79.9. The number of alkyl halides is 1. The molecule has 1 aromatic rings. The maximum Gasteiger partial charge on any atom is 0.226 e. The van der Waals surface area contributed by atoms with Crippen LogP contribution in [0.5, 0.6) is 0 Å². The third-order valence-corrected chi connectivity index (χ3v) is 4.32. The summed E-state index contributed by atoms with van der Waals surface area (Å²) in [6.07, 6.45) is 2.71. The first-order valence-corrected chi connectivity index (χ1v) is 7.60. The molecule has 0 saturated carbocycles. The summed E-state index contributed by atoms with van der Waals surface area (Å²) in [5.74, 6) is 1.34. The molecule has 2 nitrogen and oxygen atoms in total. The lowest BCUT2D eigenvalue weighted by Gasteiger charge is -2.32. The van der Waals surface area contributed by atoms with Gasteiger partial charge in [0.1, 0.15) is 0 Å². The molecule has 0 aliphatic carbocycles. The third kappa shape index (κ3) is 3.72. The van der Waals surface area contributed by atoms with E-state index in [9.17, 15) is 4.79 Å². The van der Waals surface area contributed by atoms with Crippen LogP contribution in [0.1, 0.15) is 18.4 Å². The van der Waals surface area contributed by atoms with E-state index in [0.717, 1.165) is 36.0 Å². The molecule has 1 aliphatic rings. The molecule has 0 radical (unpaired) electrons. The molecule has 1 aliphatic heterocycles. The first kappa shape index (κ1) is 13.9. The maximum atomic E-state index is 12.2. The van der Waals surface area contributed by atoms with Crippen LogP contribution in [-0.4, -0.2) is 29.8 Å². The van der Waals surface area contributed by atoms with Gasteiger partial charge in [0.25, 0.3) is 0 Å². The Kier molecular flexibility index (Phi) is 5.07. The molecule has 98 valence electrons. The van der Waals surface area contributed by atoms with Gasteiger partial charge in [-0.3, -0.25) is 4.79 Å². The van der Waals surface area contributed by atoms with E-state index < -0.39 is 0 Å². The van der Waals surface area contributed by atoms with Crippen molar-refractivity contribution in [2.45, 2.75) is 19.3 Å². The lowest BCUT2D eigenvalue weighted by Crippen LogP contribution is -2.41. The number of hydrogen-bond acceptors (Lipinski definition) is 1. The fourth-order valence-corrected chi connectivity index (χ4v) is 2.82. The van der Waals surface area contributed by atoms with Gasteiger partial charge >= 0.3 is 0 Å². The van der Waals surface area contributed by atoms with Crippen LogP contribution in [0.3, 0.4) is 0 Å². The zero-order valence-electron chi connectivity index (χ0n) is 10.2. The van der Waals surface area contributed by atoms with Crippen LogP contribution in [0.15, 0.2) is 28.7 Å². The SMILES string of the molecule is O=C(Cc1ccc(Br)cc1)N1CCCC(CCl)C1. The van der Waals surface area contributed by atoms with E-state index in [2.05, 4.69) is 15.9 Å². The quantitative estimate of drug-likeness (QED) is 0.777. The number of piperidine rings is 1. The second-order valence-electron chi connectivity index (χ2n) is 4.81. The molecule has 18 heavy (non-hydrogen) atoms. The predicted molar refractivity (Wildman–Crippen MR) is 77.9 cm³/mol.